The van der Waals surface area contributed by atoms with E-state index in [1.807, 2.05) is 39.8 Å². The zero-order valence-electron chi connectivity index (χ0n) is 14.7. The number of anilines is 1. The van der Waals surface area contributed by atoms with Crippen LogP contribution in [0.1, 0.15) is 46.1 Å². The lowest BCUT2D eigenvalue weighted by Crippen LogP contribution is -2.55. The van der Waals surface area contributed by atoms with Crippen LogP contribution in [-0.4, -0.2) is 35.0 Å². The van der Waals surface area contributed by atoms with E-state index >= 15 is 0 Å². The molecule has 0 saturated carbocycles. The van der Waals surface area contributed by atoms with Gasteiger partial charge in [-0.3, -0.25) is 9.59 Å². The molecule has 0 unspecified atom stereocenters. The number of carbonyl (C=O) groups excluding carboxylic acids is 2. The van der Waals surface area contributed by atoms with Crippen LogP contribution in [-0.2, 0) is 19.9 Å². The molecule has 2 aliphatic rings. The molecule has 1 saturated heterocycles. The van der Waals surface area contributed by atoms with E-state index in [1.165, 1.54) is 0 Å². The first-order valence-corrected chi connectivity index (χ1v) is 8.54. The molecule has 1 aromatic carbocycles. The average molecular weight is 331 g/mol. The Bertz CT molecular complexity index is 684. The first-order valence-electron chi connectivity index (χ1n) is 8.54. The molecule has 0 aliphatic carbocycles. The molecular weight excluding hydrogens is 306 g/mol. The minimum Gasteiger partial charge on any atom is -0.375 e. The molecule has 1 aromatic rings. The largest absolute Gasteiger partial charge is 0.375 e. The number of nitrogens with zero attached hydrogens (tertiary/aromatic N) is 1. The van der Waals surface area contributed by atoms with Crippen LogP contribution < -0.4 is 4.90 Å². The number of carbonyl (C=O) groups is 2. The maximum Gasteiger partial charge on any atom is 0.264 e. The van der Waals surface area contributed by atoms with Gasteiger partial charge < -0.3 is 14.7 Å². The van der Waals surface area contributed by atoms with Crippen LogP contribution in [0.4, 0.5) is 5.69 Å². The zero-order valence-corrected chi connectivity index (χ0v) is 14.7. The highest BCUT2D eigenvalue weighted by Crippen LogP contribution is 2.48. The van der Waals surface area contributed by atoms with Gasteiger partial charge in [0.25, 0.3) is 5.91 Å². The summed E-state index contributed by atoms with van der Waals surface area (Å²) in [5.41, 5.74) is -1.19. The molecule has 1 fully saturated rings. The standard InChI is InChI=1S/C19H25NO4/c1-5-12(2)20-15-9-7-6-8-13(15)19(23,17(20)22)14-11-24-18(3,4)10-16(14)21/h6-9,12,14,23H,5,10-11H2,1-4H3/t12-,14-,19+/m1/s1. The summed E-state index contributed by atoms with van der Waals surface area (Å²) >= 11 is 0. The fourth-order valence-corrected chi connectivity index (χ4v) is 3.72. The number of hydrogen-bond acceptors (Lipinski definition) is 4. The van der Waals surface area contributed by atoms with Crippen molar-refractivity contribution >= 4 is 17.4 Å². The number of ether oxygens (including phenoxy) is 1. The van der Waals surface area contributed by atoms with E-state index in [9.17, 15) is 14.7 Å². The summed E-state index contributed by atoms with van der Waals surface area (Å²) in [7, 11) is 0. The van der Waals surface area contributed by atoms with Gasteiger partial charge in [-0.2, -0.15) is 0 Å². The molecule has 1 N–H and O–H groups in total. The van der Waals surface area contributed by atoms with Crippen LogP contribution in [0.5, 0.6) is 0 Å². The Hall–Kier alpha value is -1.72. The summed E-state index contributed by atoms with van der Waals surface area (Å²) in [5.74, 6) is -1.41. The lowest BCUT2D eigenvalue weighted by molar-refractivity contribution is -0.172. The Labute approximate surface area is 142 Å². The van der Waals surface area contributed by atoms with Crippen LogP contribution in [0, 0.1) is 5.92 Å². The molecule has 24 heavy (non-hydrogen) atoms. The molecule has 3 atom stereocenters. The van der Waals surface area contributed by atoms with Crippen molar-refractivity contribution in [2.24, 2.45) is 5.92 Å². The Balaban J connectivity index is 2.07. The molecule has 130 valence electrons. The molecule has 2 heterocycles. The van der Waals surface area contributed by atoms with Crippen LogP contribution in [0.15, 0.2) is 24.3 Å². The monoisotopic (exact) mass is 331 g/mol. The number of Topliss-reactive ketones (excluding diaryl/α,β-unsaturated/α-hetero) is 1. The predicted molar refractivity (Wildman–Crippen MR) is 90.7 cm³/mol. The molecule has 5 heteroatoms. The number of fused-ring (bicyclic) bond motifs is 1. The first-order chi connectivity index (χ1) is 11.2. The van der Waals surface area contributed by atoms with Gasteiger partial charge in [-0.15, -0.1) is 0 Å². The van der Waals surface area contributed by atoms with Crippen molar-refractivity contribution in [1.29, 1.82) is 0 Å². The minimum atomic E-state index is -1.84. The Morgan fingerprint density at radius 3 is 2.62 bits per heavy atom. The first kappa shape index (κ1) is 17.1. The van der Waals surface area contributed by atoms with E-state index in [-0.39, 0.29) is 24.9 Å². The van der Waals surface area contributed by atoms with E-state index in [0.29, 0.717) is 11.3 Å². The third-order valence-corrected chi connectivity index (χ3v) is 5.28. The fourth-order valence-electron chi connectivity index (χ4n) is 3.72. The number of benzene rings is 1. The Morgan fingerprint density at radius 2 is 2.00 bits per heavy atom. The third-order valence-electron chi connectivity index (χ3n) is 5.28. The van der Waals surface area contributed by atoms with Gasteiger partial charge in [-0.25, -0.2) is 0 Å². The van der Waals surface area contributed by atoms with E-state index in [4.69, 9.17) is 4.74 Å². The SMILES string of the molecule is CC[C@@H](C)N1C(=O)[C@@](O)([C@@H]2COC(C)(C)CC2=O)c2ccccc21. The van der Waals surface area contributed by atoms with E-state index < -0.39 is 23.0 Å². The van der Waals surface area contributed by atoms with Crippen molar-refractivity contribution in [3.8, 4) is 0 Å². The maximum absolute atomic E-state index is 13.2. The maximum atomic E-state index is 13.2. The Morgan fingerprint density at radius 1 is 1.33 bits per heavy atom. The van der Waals surface area contributed by atoms with Crippen molar-refractivity contribution in [2.75, 3.05) is 11.5 Å². The lowest BCUT2D eigenvalue weighted by Gasteiger charge is -2.39. The van der Waals surface area contributed by atoms with Crippen molar-refractivity contribution in [1.82, 2.24) is 0 Å². The topological polar surface area (TPSA) is 66.8 Å². The average Bonchev–Trinajstić information content (AvgIpc) is 2.75. The summed E-state index contributed by atoms with van der Waals surface area (Å²) in [5, 5.41) is 11.4. The van der Waals surface area contributed by atoms with Gasteiger partial charge >= 0.3 is 0 Å². The third kappa shape index (κ3) is 2.38. The number of aliphatic hydroxyl groups is 1. The summed E-state index contributed by atoms with van der Waals surface area (Å²) < 4.78 is 5.76. The van der Waals surface area contributed by atoms with E-state index in [2.05, 4.69) is 0 Å². The van der Waals surface area contributed by atoms with Gasteiger partial charge in [0.15, 0.2) is 5.60 Å². The summed E-state index contributed by atoms with van der Waals surface area (Å²) in [4.78, 5) is 27.5. The molecule has 0 bridgehead atoms. The molecular formula is C19H25NO4. The highest BCUT2D eigenvalue weighted by Gasteiger charge is 2.59. The van der Waals surface area contributed by atoms with Crippen molar-refractivity contribution < 1.29 is 19.4 Å². The predicted octanol–water partition coefficient (Wildman–Crippen LogP) is 2.40. The van der Waals surface area contributed by atoms with Crippen LogP contribution in [0.25, 0.3) is 0 Å². The van der Waals surface area contributed by atoms with Crippen molar-refractivity contribution in [3.05, 3.63) is 29.8 Å². The van der Waals surface area contributed by atoms with Gasteiger partial charge in [-0.05, 0) is 33.3 Å². The molecule has 0 spiro atoms. The van der Waals surface area contributed by atoms with Crippen molar-refractivity contribution in [3.63, 3.8) is 0 Å². The van der Waals surface area contributed by atoms with Gasteiger partial charge in [0, 0.05) is 18.0 Å². The number of para-hydroxylation sites is 1. The summed E-state index contributed by atoms with van der Waals surface area (Å²) in [6.45, 7) is 7.69. The highest BCUT2D eigenvalue weighted by atomic mass is 16.5. The van der Waals surface area contributed by atoms with Crippen LogP contribution in [0.2, 0.25) is 0 Å². The normalized spacial score (nSPS) is 30.4. The quantitative estimate of drug-likeness (QED) is 0.923. The minimum absolute atomic E-state index is 0.0521. The second-order valence-electron chi connectivity index (χ2n) is 7.48. The number of hydrogen-bond donors (Lipinski definition) is 1. The molecule has 0 aromatic heterocycles. The zero-order chi connectivity index (χ0) is 17.7. The fraction of sp³-hybridized carbons (Fsp3) is 0.579. The smallest absolute Gasteiger partial charge is 0.264 e. The van der Waals surface area contributed by atoms with Gasteiger partial charge in [0.2, 0.25) is 0 Å². The molecule has 1 amide bonds. The molecule has 5 nitrogen and oxygen atoms in total. The summed E-state index contributed by atoms with van der Waals surface area (Å²) in [6.07, 6.45) is 0.955. The van der Waals surface area contributed by atoms with Gasteiger partial charge in [0.05, 0.1) is 23.8 Å². The second-order valence-corrected chi connectivity index (χ2v) is 7.48. The van der Waals surface area contributed by atoms with Crippen molar-refractivity contribution in [2.45, 2.75) is 57.8 Å². The van der Waals surface area contributed by atoms with Gasteiger partial charge in [0.1, 0.15) is 5.78 Å². The number of amides is 1. The Kier molecular flexibility index (Phi) is 4.04. The number of ketones is 1. The number of rotatable bonds is 3. The van der Waals surface area contributed by atoms with Crippen LogP contribution in [0.3, 0.4) is 0 Å². The molecule has 3 rings (SSSR count). The molecule has 0 radical (unpaired) electrons. The van der Waals surface area contributed by atoms with E-state index in [1.54, 1.807) is 17.0 Å². The summed E-state index contributed by atoms with van der Waals surface area (Å²) in [6, 6.07) is 7.15. The highest BCUT2D eigenvalue weighted by molar-refractivity contribution is 6.10. The van der Waals surface area contributed by atoms with Gasteiger partial charge in [-0.1, -0.05) is 25.1 Å². The second kappa shape index (κ2) is 5.67. The van der Waals surface area contributed by atoms with E-state index in [0.717, 1.165) is 6.42 Å². The van der Waals surface area contributed by atoms with Crippen LogP contribution >= 0.6 is 0 Å². The molecule has 2 aliphatic heterocycles. The lowest BCUT2D eigenvalue weighted by atomic mass is 9.76.